The van der Waals surface area contributed by atoms with Crippen molar-refractivity contribution in [3.8, 4) is 0 Å². The maximum Gasteiger partial charge on any atom is 0.322 e. The summed E-state index contributed by atoms with van der Waals surface area (Å²) in [5.74, 6) is 3.99. The highest BCUT2D eigenvalue weighted by Crippen LogP contribution is 2.67. The third kappa shape index (κ3) is 4.63. The van der Waals surface area contributed by atoms with Crippen LogP contribution in [0.4, 0.5) is 0 Å². The van der Waals surface area contributed by atoms with Crippen LogP contribution >= 0.6 is 0 Å². The first-order chi connectivity index (χ1) is 16.0. The number of allylic oxidation sites excluding steroid dienone is 1. The Kier molecular flexibility index (Phi) is 7.62. The molecule has 0 saturated heterocycles. The maximum absolute atomic E-state index is 12.1. The number of ether oxygens (including phenoxy) is 1. The lowest BCUT2D eigenvalue weighted by atomic mass is 9.47. The molecule has 10 atom stereocenters. The number of rotatable bonds is 7. The Bertz CT molecular complexity index is 775. The number of hydrogen-bond acceptors (Lipinski definition) is 4. The molecule has 0 heterocycles. The third-order valence-corrected chi connectivity index (χ3v) is 11.2. The molecule has 3 saturated carbocycles. The Morgan fingerprint density at radius 1 is 1.09 bits per heavy atom. The second-order valence-corrected chi connectivity index (χ2v) is 13.4. The molecule has 0 unspecified atom stereocenters. The van der Waals surface area contributed by atoms with Crippen molar-refractivity contribution in [2.75, 3.05) is 0 Å². The molecular weight excluding hydrogens is 422 g/mol. The molecule has 34 heavy (non-hydrogen) atoms. The number of aliphatic hydroxyl groups is 1. The number of aliphatic hydroxyl groups excluding tert-OH is 1. The molecule has 0 radical (unpaired) electrons. The molecule has 4 aliphatic carbocycles. The van der Waals surface area contributed by atoms with Gasteiger partial charge in [0.05, 0.1) is 6.10 Å². The van der Waals surface area contributed by atoms with Crippen molar-refractivity contribution in [1.82, 2.24) is 0 Å². The molecule has 0 amide bonds. The van der Waals surface area contributed by atoms with Crippen LogP contribution in [0.2, 0.25) is 0 Å². The van der Waals surface area contributed by atoms with E-state index < -0.39 is 6.04 Å². The Hall–Kier alpha value is -0.870. The monoisotopic (exact) mass is 473 g/mol. The van der Waals surface area contributed by atoms with Gasteiger partial charge in [-0.3, -0.25) is 4.79 Å². The van der Waals surface area contributed by atoms with E-state index in [9.17, 15) is 9.90 Å². The molecule has 0 aliphatic heterocycles. The van der Waals surface area contributed by atoms with E-state index >= 15 is 0 Å². The van der Waals surface area contributed by atoms with E-state index in [2.05, 4.69) is 40.7 Å². The minimum absolute atomic E-state index is 0.00105. The number of esters is 1. The molecule has 4 heteroatoms. The van der Waals surface area contributed by atoms with Crippen LogP contribution in [0.1, 0.15) is 106 Å². The minimum atomic E-state index is -0.541. The van der Waals surface area contributed by atoms with E-state index in [-0.39, 0.29) is 23.6 Å². The van der Waals surface area contributed by atoms with Gasteiger partial charge in [-0.25, -0.2) is 0 Å². The molecule has 3 fully saturated rings. The Balaban J connectivity index is 1.44. The smallest absolute Gasteiger partial charge is 0.322 e. The third-order valence-electron chi connectivity index (χ3n) is 11.2. The summed E-state index contributed by atoms with van der Waals surface area (Å²) in [4.78, 5) is 12.1. The lowest BCUT2D eigenvalue weighted by molar-refractivity contribution is -0.152. The summed E-state index contributed by atoms with van der Waals surface area (Å²) in [6, 6.07) is -0.541. The summed E-state index contributed by atoms with van der Waals surface area (Å²) >= 11 is 0. The van der Waals surface area contributed by atoms with Gasteiger partial charge in [-0.15, -0.1) is 0 Å². The summed E-state index contributed by atoms with van der Waals surface area (Å²) in [5.41, 5.74) is 8.01. The van der Waals surface area contributed by atoms with Gasteiger partial charge in [0.2, 0.25) is 0 Å². The van der Waals surface area contributed by atoms with Crippen LogP contribution in [0, 0.1) is 46.3 Å². The first-order valence-electron chi connectivity index (χ1n) is 14.3. The van der Waals surface area contributed by atoms with Crippen LogP contribution < -0.4 is 5.73 Å². The fourth-order valence-corrected chi connectivity index (χ4v) is 8.94. The van der Waals surface area contributed by atoms with Gasteiger partial charge in [0.15, 0.2) is 0 Å². The summed E-state index contributed by atoms with van der Waals surface area (Å²) in [6.45, 7) is 13.6. The Labute approximate surface area is 208 Å². The number of carbonyl (C=O) groups is 1. The number of fused-ring (bicyclic) bond motifs is 5. The van der Waals surface area contributed by atoms with E-state index in [0.717, 1.165) is 55.8 Å². The molecule has 4 aliphatic rings. The predicted octanol–water partition coefficient (Wildman–Crippen LogP) is 6.26. The largest absolute Gasteiger partial charge is 0.461 e. The van der Waals surface area contributed by atoms with E-state index in [1.807, 2.05) is 0 Å². The highest BCUT2D eigenvalue weighted by molar-refractivity contribution is 5.75. The zero-order valence-corrected chi connectivity index (χ0v) is 22.7. The summed E-state index contributed by atoms with van der Waals surface area (Å²) in [7, 11) is 0. The molecule has 4 rings (SSSR count). The topological polar surface area (TPSA) is 72.5 Å². The average Bonchev–Trinajstić information content (AvgIpc) is 3.14. The van der Waals surface area contributed by atoms with Gasteiger partial charge in [0.1, 0.15) is 12.1 Å². The van der Waals surface area contributed by atoms with E-state index in [1.165, 1.54) is 32.1 Å². The molecular formula is C30H51NO3. The highest BCUT2D eigenvalue weighted by Gasteiger charge is 2.59. The molecule has 4 nitrogen and oxygen atoms in total. The van der Waals surface area contributed by atoms with Gasteiger partial charge in [-0.2, -0.15) is 0 Å². The lowest BCUT2D eigenvalue weighted by Crippen LogP contribution is -2.51. The molecule has 194 valence electrons. The van der Waals surface area contributed by atoms with Crippen molar-refractivity contribution in [1.29, 1.82) is 0 Å². The van der Waals surface area contributed by atoms with E-state index in [1.54, 1.807) is 12.5 Å². The molecule has 0 aromatic rings. The number of nitrogens with two attached hydrogens (primary N) is 1. The zero-order valence-electron chi connectivity index (χ0n) is 22.7. The molecule has 3 N–H and O–H groups in total. The minimum Gasteiger partial charge on any atom is -0.461 e. The van der Waals surface area contributed by atoms with Crippen molar-refractivity contribution in [2.45, 2.75) is 124 Å². The van der Waals surface area contributed by atoms with Crippen LogP contribution in [0.25, 0.3) is 0 Å². The fourth-order valence-electron chi connectivity index (χ4n) is 8.94. The molecule has 0 bridgehead atoms. The quantitative estimate of drug-likeness (QED) is 0.338. The summed E-state index contributed by atoms with van der Waals surface area (Å²) < 4.78 is 5.74. The fraction of sp³-hybridized carbons (Fsp3) is 0.900. The van der Waals surface area contributed by atoms with Crippen LogP contribution in [0.15, 0.2) is 11.6 Å². The first-order valence-corrected chi connectivity index (χ1v) is 14.3. The van der Waals surface area contributed by atoms with Gasteiger partial charge in [0.25, 0.3) is 0 Å². The maximum atomic E-state index is 12.1. The average molecular weight is 474 g/mol. The van der Waals surface area contributed by atoms with Crippen LogP contribution in [-0.4, -0.2) is 29.3 Å². The molecule has 0 aromatic carbocycles. The van der Waals surface area contributed by atoms with Gasteiger partial charge in [0, 0.05) is 6.42 Å². The van der Waals surface area contributed by atoms with Crippen molar-refractivity contribution in [3.05, 3.63) is 11.6 Å². The van der Waals surface area contributed by atoms with Crippen LogP contribution in [-0.2, 0) is 9.53 Å². The Morgan fingerprint density at radius 3 is 2.50 bits per heavy atom. The van der Waals surface area contributed by atoms with Crippen molar-refractivity contribution < 1.29 is 14.6 Å². The SMILES string of the molecule is CC(C)[C@H](O)CC[C@@H](C)[C@H]1CC[C@H]2[C@@H]3CC=C4C[C@@H](OC(=O)[C@H](C)N)CC[C@]4(C)[C@H]3CC[C@]12C. The highest BCUT2D eigenvalue weighted by atomic mass is 16.5. The van der Waals surface area contributed by atoms with E-state index in [4.69, 9.17) is 10.5 Å². The van der Waals surface area contributed by atoms with Crippen molar-refractivity contribution in [3.63, 3.8) is 0 Å². The van der Waals surface area contributed by atoms with Gasteiger partial charge in [-0.1, -0.05) is 46.3 Å². The normalized spacial score (nSPS) is 42.1. The summed E-state index contributed by atoms with van der Waals surface area (Å²) in [5, 5.41) is 10.4. The number of carbonyl (C=O) groups excluding carboxylic acids is 1. The summed E-state index contributed by atoms with van der Waals surface area (Å²) in [6.07, 6.45) is 14.1. The van der Waals surface area contributed by atoms with Gasteiger partial charge in [-0.05, 0) is 111 Å². The van der Waals surface area contributed by atoms with Crippen LogP contribution in [0.5, 0.6) is 0 Å². The Morgan fingerprint density at radius 2 is 1.82 bits per heavy atom. The second kappa shape index (κ2) is 9.88. The van der Waals surface area contributed by atoms with Crippen molar-refractivity contribution >= 4 is 5.97 Å². The standard InChI is InChI=1S/C30H51NO3/c1-18(2)27(32)12-7-19(3)24-10-11-25-23-9-8-21-17-22(34-28(33)20(4)31)13-15-29(21,5)26(23)14-16-30(24,25)6/h8,18-20,22-27,32H,7,9-17,31H2,1-6H3/t19-,20+,22+,23+,24-,25+,26+,27-,29+,30-/m1/s1. The van der Waals surface area contributed by atoms with Crippen molar-refractivity contribution in [2.24, 2.45) is 52.1 Å². The number of hydrogen-bond donors (Lipinski definition) is 2. The van der Waals surface area contributed by atoms with Crippen LogP contribution in [0.3, 0.4) is 0 Å². The molecule has 0 spiro atoms. The second-order valence-electron chi connectivity index (χ2n) is 13.4. The van der Waals surface area contributed by atoms with E-state index in [0.29, 0.717) is 17.3 Å². The zero-order chi connectivity index (χ0) is 24.8. The predicted molar refractivity (Wildman–Crippen MR) is 138 cm³/mol. The van der Waals surface area contributed by atoms with Gasteiger partial charge < -0.3 is 15.6 Å². The van der Waals surface area contributed by atoms with Gasteiger partial charge >= 0.3 is 5.97 Å². The first kappa shape index (κ1) is 26.2. The lowest BCUT2D eigenvalue weighted by Gasteiger charge is -2.58. The molecule has 0 aromatic heterocycles.